The first-order valence-electron chi connectivity index (χ1n) is 5.83. The van der Waals surface area contributed by atoms with E-state index in [0.29, 0.717) is 9.47 Å². The zero-order chi connectivity index (χ0) is 14.5. The number of aromatic nitrogens is 2. The molecule has 0 unspecified atom stereocenters. The Morgan fingerprint density at radius 2 is 2.05 bits per heavy atom. The Kier molecular flexibility index (Phi) is 4.80. The van der Waals surface area contributed by atoms with Crippen LogP contribution in [-0.4, -0.2) is 36.0 Å². The number of thioether (sulfide) groups is 1. The molecule has 1 amide bonds. The van der Waals surface area contributed by atoms with Crippen LogP contribution < -0.4 is 16.0 Å². The maximum Gasteiger partial charge on any atom is 0.234 e. The van der Waals surface area contributed by atoms with Crippen molar-refractivity contribution in [3.8, 4) is 0 Å². The van der Waals surface area contributed by atoms with Gasteiger partial charge in [-0.3, -0.25) is 4.79 Å². The van der Waals surface area contributed by atoms with Gasteiger partial charge in [-0.1, -0.05) is 23.1 Å². The molecule has 1 aromatic carbocycles. The van der Waals surface area contributed by atoms with Crippen molar-refractivity contribution in [2.75, 3.05) is 35.8 Å². The molecule has 0 radical (unpaired) electrons. The quantitative estimate of drug-likeness (QED) is 0.821. The number of hydrogen-bond donors (Lipinski definition) is 2. The van der Waals surface area contributed by atoms with E-state index >= 15 is 0 Å². The second-order valence-corrected chi connectivity index (χ2v) is 6.42. The number of nitrogen functional groups attached to an aromatic ring is 1. The van der Waals surface area contributed by atoms with E-state index in [0.717, 1.165) is 11.4 Å². The number of nitrogens with zero attached hydrogens (tertiary/aromatic N) is 3. The van der Waals surface area contributed by atoms with Gasteiger partial charge in [-0.05, 0) is 24.3 Å². The lowest BCUT2D eigenvalue weighted by molar-refractivity contribution is -0.113. The molecule has 8 heteroatoms. The molecule has 106 valence electrons. The maximum absolute atomic E-state index is 11.8. The molecule has 0 saturated carbocycles. The predicted molar refractivity (Wildman–Crippen MR) is 84.4 cm³/mol. The first-order chi connectivity index (χ1) is 9.54. The van der Waals surface area contributed by atoms with E-state index in [1.54, 1.807) is 0 Å². The fourth-order valence-electron chi connectivity index (χ4n) is 1.45. The molecule has 6 nitrogen and oxygen atoms in total. The third-order valence-corrected chi connectivity index (χ3v) is 4.30. The Balaban J connectivity index is 1.84. The van der Waals surface area contributed by atoms with Crippen LogP contribution in [0.2, 0.25) is 0 Å². The van der Waals surface area contributed by atoms with Gasteiger partial charge in [0.2, 0.25) is 11.0 Å². The van der Waals surface area contributed by atoms with E-state index in [1.807, 2.05) is 43.3 Å². The minimum Gasteiger partial charge on any atom is -0.378 e. The van der Waals surface area contributed by atoms with Crippen LogP contribution in [0.15, 0.2) is 28.6 Å². The molecule has 3 N–H and O–H groups in total. The fourth-order valence-corrected chi connectivity index (χ4v) is 2.88. The molecule has 0 saturated heterocycles. The average Bonchev–Trinajstić information content (AvgIpc) is 2.83. The van der Waals surface area contributed by atoms with Crippen molar-refractivity contribution in [3.63, 3.8) is 0 Å². The molecule has 2 rings (SSSR count). The molecule has 0 bridgehead atoms. The van der Waals surface area contributed by atoms with Crippen LogP contribution in [0.25, 0.3) is 0 Å². The zero-order valence-electron chi connectivity index (χ0n) is 11.2. The summed E-state index contributed by atoms with van der Waals surface area (Å²) in [5.41, 5.74) is 7.33. The van der Waals surface area contributed by atoms with Crippen molar-refractivity contribution in [1.29, 1.82) is 0 Å². The maximum atomic E-state index is 11.8. The van der Waals surface area contributed by atoms with Crippen LogP contribution in [-0.2, 0) is 4.79 Å². The molecule has 0 spiro atoms. The van der Waals surface area contributed by atoms with E-state index in [1.165, 1.54) is 23.1 Å². The number of carbonyl (C=O) groups excluding carboxylic acids is 1. The average molecular weight is 309 g/mol. The summed E-state index contributed by atoms with van der Waals surface area (Å²) in [4.78, 5) is 13.8. The second-order valence-electron chi connectivity index (χ2n) is 4.18. The lowest BCUT2D eigenvalue weighted by Crippen LogP contribution is -2.14. The van der Waals surface area contributed by atoms with Gasteiger partial charge in [0.1, 0.15) is 0 Å². The second kappa shape index (κ2) is 6.58. The van der Waals surface area contributed by atoms with Crippen molar-refractivity contribution in [2.24, 2.45) is 0 Å². The SMILES string of the molecule is CN(C)c1ccc(NC(=O)CSc2nnc(N)s2)cc1. The molecule has 0 aliphatic carbocycles. The molecular formula is C12H15N5OS2. The number of nitrogens with one attached hydrogen (secondary N) is 1. The van der Waals surface area contributed by atoms with Gasteiger partial charge in [-0.15, -0.1) is 10.2 Å². The van der Waals surface area contributed by atoms with Crippen molar-refractivity contribution in [2.45, 2.75) is 4.34 Å². The standard InChI is InChI=1S/C12H15N5OS2/c1-17(2)9-5-3-8(4-6-9)14-10(18)7-19-12-16-15-11(13)20-12/h3-6H,7H2,1-2H3,(H2,13,15)(H,14,18). The Bertz CT molecular complexity index is 582. The van der Waals surface area contributed by atoms with Gasteiger partial charge in [0, 0.05) is 25.5 Å². The summed E-state index contributed by atoms with van der Waals surface area (Å²) in [6.45, 7) is 0. The van der Waals surface area contributed by atoms with Crippen LogP contribution in [0.4, 0.5) is 16.5 Å². The molecule has 0 aliphatic rings. The number of nitrogens with two attached hydrogens (primary N) is 1. The van der Waals surface area contributed by atoms with Crippen LogP contribution in [0.5, 0.6) is 0 Å². The summed E-state index contributed by atoms with van der Waals surface area (Å²) >= 11 is 2.60. The summed E-state index contributed by atoms with van der Waals surface area (Å²) < 4.78 is 0.695. The van der Waals surface area contributed by atoms with E-state index in [9.17, 15) is 4.79 Å². The molecule has 1 heterocycles. The van der Waals surface area contributed by atoms with Crippen LogP contribution in [0.3, 0.4) is 0 Å². The smallest absolute Gasteiger partial charge is 0.234 e. The molecule has 0 aliphatic heterocycles. The number of carbonyl (C=O) groups is 1. The molecule has 2 aromatic rings. The molecule has 1 aromatic heterocycles. The number of hydrogen-bond acceptors (Lipinski definition) is 7. The summed E-state index contributed by atoms with van der Waals surface area (Å²) in [5, 5.41) is 10.8. The van der Waals surface area contributed by atoms with Gasteiger partial charge in [-0.25, -0.2) is 0 Å². The third-order valence-electron chi connectivity index (χ3n) is 2.42. The van der Waals surface area contributed by atoms with E-state index < -0.39 is 0 Å². The summed E-state index contributed by atoms with van der Waals surface area (Å²) in [6, 6.07) is 7.66. The van der Waals surface area contributed by atoms with E-state index in [2.05, 4.69) is 15.5 Å². The lowest BCUT2D eigenvalue weighted by atomic mass is 10.2. The van der Waals surface area contributed by atoms with Crippen molar-refractivity contribution in [1.82, 2.24) is 10.2 Å². The topological polar surface area (TPSA) is 84.1 Å². The molecule has 20 heavy (non-hydrogen) atoms. The highest BCUT2D eigenvalue weighted by Gasteiger charge is 2.07. The van der Waals surface area contributed by atoms with Gasteiger partial charge >= 0.3 is 0 Å². The third kappa shape index (κ3) is 4.10. The highest BCUT2D eigenvalue weighted by atomic mass is 32.2. The molecule has 0 fully saturated rings. The highest BCUT2D eigenvalue weighted by Crippen LogP contribution is 2.23. The number of rotatable bonds is 5. The molecule has 0 atom stereocenters. The number of amides is 1. The normalized spacial score (nSPS) is 10.3. The van der Waals surface area contributed by atoms with E-state index in [4.69, 9.17) is 5.73 Å². The Labute approximate surface area is 125 Å². The first kappa shape index (κ1) is 14.6. The van der Waals surface area contributed by atoms with Crippen LogP contribution in [0.1, 0.15) is 0 Å². The first-order valence-corrected chi connectivity index (χ1v) is 7.64. The van der Waals surface area contributed by atoms with Crippen molar-refractivity contribution >= 4 is 45.5 Å². The van der Waals surface area contributed by atoms with E-state index in [-0.39, 0.29) is 11.7 Å². The van der Waals surface area contributed by atoms with Gasteiger partial charge in [0.05, 0.1) is 5.75 Å². The molecular weight excluding hydrogens is 294 g/mol. The minimum absolute atomic E-state index is 0.0821. The number of benzene rings is 1. The predicted octanol–water partition coefficient (Wildman–Crippen LogP) is 1.92. The Morgan fingerprint density at radius 3 is 2.60 bits per heavy atom. The Hall–Kier alpha value is -1.80. The minimum atomic E-state index is -0.0821. The lowest BCUT2D eigenvalue weighted by Gasteiger charge is -2.12. The van der Waals surface area contributed by atoms with Gasteiger partial charge < -0.3 is 16.0 Å². The van der Waals surface area contributed by atoms with Crippen LogP contribution in [0, 0.1) is 0 Å². The highest BCUT2D eigenvalue weighted by molar-refractivity contribution is 8.01. The number of anilines is 3. The van der Waals surface area contributed by atoms with Gasteiger partial charge in [0.25, 0.3) is 0 Å². The van der Waals surface area contributed by atoms with Crippen molar-refractivity contribution in [3.05, 3.63) is 24.3 Å². The fraction of sp³-hybridized carbons (Fsp3) is 0.250. The summed E-state index contributed by atoms with van der Waals surface area (Å²) in [6.07, 6.45) is 0. The summed E-state index contributed by atoms with van der Waals surface area (Å²) in [7, 11) is 3.94. The van der Waals surface area contributed by atoms with Gasteiger partial charge in [0.15, 0.2) is 4.34 Å². The Morgan fingerprint density at radius 1 is 1.35 bits per heavy atom. The summed E-state index contributed by atoms with van der Waals surface area (Å²) in [5.74, 6) is 0.200. The largest absolute Gasteiger partial charge is 0.378 e. The van der Waals surface area contributed by atoms with Gasteiger partial charge in [-0.2, -0.15) is 0 Å². The van der Waals surface area contributed by atoms with Crippen molar-refractivity contribution < 1.29 is 4.79 Å². The van der Waals surface area contributed by atoms with Crippen LogP contribution >= 0.6 is 23.1 Å². The zero-order valence-corrected chi connectivity index (χ0v) is 12.8. The monoisotopic (exact) mass is 309 g/mol.